The van der Waals surface area contributed by atoms with Crippen molar-refractivity contribution in [3.05, 3.63) is 77.0 Å². The van der Waals surface area contributed by atoms with Gasteiger partial charge < -0.3 is 0 Å². The summed E-state index contributed by atoms with van der Waals surface area (Å²) >= 11 is 0. The number of fused-ring (bicyclic) bond motifs is 1. The summed E-state index contributed by atoms with van der Waals surface area (Å²) < 4.78 is 76.3. The van der Waals surface area contributed by atoms with Crippen molar-refractivity contribution in [3.8, 4) is 11.3 Å². The molecule has 3 heterocycles. The third-order valence-electron chi connectivity index (χ3n) is 5.01. The first-order chi connectivity index (χ1) is 14.6. The van der Waals surface area contributed by atoms with Crippen molar-refractivity contribution in [1.82, 2.24) is 19.9 Å². The fourth-order valence-electron chi connectivity index (χ4n) is 3.42. The lowest BCUT2D eigenvalue weighted by Gasteiger charge is -2.28. The van der Waals surface area contributed by atoms with Crippen LogP contribution in [0.2, 0.25) is 0 Å². The lowest BCUT2D eigenvalue weighted by atomic mass is 10.1. The quantitative estimate of drug-likeness (QED) is 0.532. The maximum atomic E-state index is 12.8. The summed E-state index contributed by atoms with van der Waals surface area (Å²) in [6.07, 6.45) is -5.69. The van der Waals surface area contributed by atoms with Gasteiger partial charge in [0.2, 0.25) is 5.82 Å². The minimum atomic E-state index is -4.56. The third kappa shape index (κ3) is 4.84. The predicted octanol–water partition coefficient (Wildman–Crippen LogP) is 5.13. The van der Waals surface area contributed by atoms with E-state index in [1.165, 1.54) is 18.3 Å². The molecule has 0 N–H and O–H groups in total. The van der Waals surface area contributed by atoms with Gasteiger partial charge in [-0.3, -0.25) is 9.88 Å². The minimum absolute atomic E-state index is 0.387. The van der Waals surface area contributed by atoms with Crippen LogP contribution >= 0.6 is 0 Å². The number of nitrogens with zero attached hydrogens (tertiary/aromatic N) is 4. The van der Waals surface area contributed by atoms with Crippen molar-refractivity contribution in [1.29, 1.82) is 0 Å². The van der Waals surface area contributed by atoms with E-state index in [1.54, 1.807) is 12.3 Å². The Labute approximate surface area is 173 Å². The standard InChI is InChI=1S/C21H16F6N4/c22-20(23,24)16-4-2-14(3-5-16)17-6-1-13(9-28-17)11-31-8-7-18-15(12-31)10-29-19(30-18)21(25,26)27/h1-6,9-10H,7-8,11-12H2. The number of benzene rings is 1. The first kappa shape index (κ1) is 21.2. The van der Waals surface area contributed by atoms with E-state index >= 15 is 0 Å². The van der Waals surface area contributed by atoms with Crippen molar-refractivity contribution >= 4 is 0 Å². The molecule has 0 radical (unpaired) electrons. The number of alkyl halides is 6. The van der Waals surface area contributed by atoms with Crippen LogP contribution in [0.5, 0.6) is 0 Å². The summed E-state index contributed by atoms with van der Waals surface area (Å²) in [5, 5.41) is 0. The zero-order chi connectivity index (χ0) is 22.2. The Hall–Kier alpha value is -3.01. The first-order valence-corrected chi connectivity index (χ1v) is 9.36. The largest absolute Gasteiger partial charge is 0.451 e. The fourth-order valence-corrected chi connectivity index (χ4v) is 3.42. The van der Waals surface area contributed by atoms with Gasteiger partial charge in [0.25, 0.3) is 0 Å². The molecule has 4 rings (SSSR count). The van der Waals surface area contributed by atoms with Crippen LogP contribution in [-0.4, -0.2) is 26.4 Å². The molecule has 0 bridgehead atoms. The van der Waals surface area contributed by atoms with Crippen LogP contribution in [0.4, 0.5) is 26.3 Å². The molecular weight excluding hydrogens is 422 g/mol. The Balaban J connectivity index is 1.42. The van der Waals surface area contributed by atoms with E-state index in [9.17, 15) is 26.3 Å². The van der Waals surface area contributed by atoms with Crippen LogP contribution in [-0.2, 0) is 31.9 Å². The van der Waals surface area contributed by atoms with E-state index in [2.05, 4.69) is 15.0 Å². The van der Waals surface area contributed by atoms with Gasteiger partial charge in [-0.2, -0.15) is 26.3 Å². The van der Waals surface area contributed by atoms with Gasteiger partial charge in [0.15, 0.2) is 0 Å². The van der Waals surface area contributed by atoms with E-state index in [4.69, 9.17) is 0 Å². The Morgan fingerprint density at radius 2 is 1.58 bits per heavy atom. The second-order valence-electron chi connectivity index (χ2n) is 7.25. The van der Waals surface area contributed by atoms with E-state index < -0.39 is 23.7 Å². The molecule has 0 unspecified atom stereocenters. The van der Waals surface area contributed by atoms with Crippen molar-refractivity contribution < 1.29 is 26.3 Å². The van der Waals surface area contributed by atoms with Crippen molar-refractivity contribution in [2.24, 2.45) is 0 Å². The van der Waals surface area contributed by atoms with Gasteiger partial charge in [0.05, 0.1) is 17.0 Å². The van der Waals surface area contributed by atoms with Gasteiger partial charge in [0, 0.05) is 49.6 Å². The van der Waals surface area contributed by atoms with Crippen LogP contribution < -0.4 is 0 Å². The monoisotopic (exact) mass is 438 g/mol. The molecule has 1 aliphatic heterocycles. The summed E-state index contributed by atoms with van der Waals surface area (Å²) in [5.74, 6) is -1.12. The number of pyridine rings is 1. The average Bonchev–Trinajstić information content (AvgIpc) is 2.73. The normalized spacial score (nSPS) is 15.0. The Bertz CT molecular complexity index is 1060. The van der Waals surface area contributed by atoms with Crippen LogP contribution in [0.15, 0.2) is 48.8 Å². The highest BCUT2D eigenvalue weighted by Crippen LogP contribution is 2.31. The molecule has 0 saturated carbocycles. The maximum Gasteiger partial charge on any atom is 0.451 e. The molecule has 0 aliphatic carbocycles. The highest BCUT2D eigenvalue weighted by Gasteiger charge is 2.35. The van der Waals surface area contributed by atoms with Gasteiger partial charge in [-0.15, -0.1) is 0 Å². The van der Waals surface area contributed by atoms with Crippen LogP contribution in [0.1, 0.15) is 28.2 Å². The molecular formula is C21H16F6N4. The highest BCUT2D eigenvalue weighted by atomic mass is 19.4. The molecule has 10 heteroatoms. The molecule has 162 valence electrons. The first-order valence-electron chi connectivity index (χ1n) is 9.36. The van der Waals surface area contributed by atoms with Gasteiger partial charge in [0.1, 0.15) is 0 Å². The van der Waals surface area contributed by atoms with Crippen molar-refractivity contribution in [3.63, 3.8) is 0 Å². The Morgan fingerprint density at radius 1 is 0.839 bits per heavy atom. The summed E-state index contributed by atoms with van der Waals surface area (Å²) in [6.45, 7) is 1.50. The summed E-state index contributed by atoms with van der Waals surface area (Å²) in [7, 11) is 0. The molecule has 0 amide bonds. The number of hydrogen-bond donors (Lipinski definition) is 0. The number of halogens is 6. The third-order valence-corrected chi connectivity index (χ3v) is 5.01. The summed E-state index contributed by atoms with van der Waals surface area (Å²) in [6, 6.07) is 8.35. The van der Waals surface area contributed by atoms with E-state index in [0.29, 0.717) is 48.6 Å². The van der Waals surface area contributed by atoms with Crippen LogP contribution in [0.3, 0.4) is 0 Å². The van der Waals surface area contributed by atoms with Crippen LogP contribution in [0.25, 0.3) is 11.3 Å². The molecule has 0 spiro atoms. The molecule has 0 atom stereocenters. The Kier molecular flexibility index (Phi) is 5.42. The minimum Gasteiger partial charge on any atom is -0.294 e. The topological polar surface area (TPSA) is 41.9 Å². The SMILES string of the molecule is FC(F)(F)c1ccc(-c2ccc(CN3CCc4nc(C(F)(F)F)ncc4C3)cn2)cc1. The van der Waals surface area contributed by atoms with Crippen molar-refractivity contribution in [2.75, 3.05) is 6.54 Å². The fraction of sp³-hybridized carbons (Fsp3) is 0.286. The molecule has 0 fully saturated rings. The van der Waals surface area contributed by atoms with Gasteiger partial charge >= 0.3 is 12.4 Å². The maximum absolute atomic E-state index is 12.8. The van der Waals surface area contributed by atoms with Crippen LogP contribution in [0, 0.1) is 0 Å². The number of rotatable bonds is 3. The molecule has 0 saturated heterocycles. The molecule has 1 aromatic carbocycles. The molecule has 4 nitrogen and oxygen atoms in total. The Morgan fingerprint density at radius 3 is 2.19 bits per heavy atom. The highest BCUT2D eigenvalue weighted by molar-refractivity contribution is 5.59. The second kappa shape index (κ2) is 7.92. The number of aromatic nitrogens is 3. The molecule has 2 aromatic heterocycles. The van der Waals surface area contributed by atoms with Gasteiger partial charge in [-0.05, 0) is 23.8 Å². The summed E-state index contributed by atoms with van der Waals surface area (Å²) in [5.41, 5.74) is 2.36. The van der Waals surface area contributed by atoms with E-state index in [0.717, 1.165) is 17.7 Å². The lowest BCUT2D eigenvalue weighted by Crippen LogP contribution is -2.31. The zero-order valence-corrected chi connectivity index (χ0v) is 16.0. The zero-order valence-electron chi connectivity index (χ0n) is 16.0. The smallest absolute Gasteiger partial charge is 0.294 e. The molecule has 31 heavy (non-hydrogen) atoms. The van der Waals surface area contributed by atoms with Gasteiger partial charge in [-0.25, -0.2) is 9.97 Å². The lowest BCUT2D eigenvalue weighted by molar-refractivity contribution is -0.145. The van der Waals surface area contributed by atoms with E-state index in [-0.39, 0.29) is 0 Å². The second-order valence-corrected chi connectivity index (χ2v) is 7.25. The molecule has 1 aliphatic rings. The molecule has 3 aromatic rings. The average molecular weight is 438 g/mol. The summed E-state index contributed by atoms with van der Waals surface area (Å²) in [4.78, 5) is 13.5. The van der Waals surface area contributed by atoms with Gasteiger partial charge in [-0.1, -0.05) is 18.2 Å². The number of hydrogen-bond acceptors (Lipinski definition) is 4. The predicted molar refractivity (Wildman–Crippen MR) is 99.5 cm³/mol. The van der Waals surface area contributed by atoms with E-state index in [1.807, 2.05) is 11.0 Å². The van der Waals surface area contributed by atoms with Crippen molar-refractivity contribution in [2.45, 2.75) is 31.9 Å².